The van der Waals surface area contributed by atoms with Crippen LogP contribution in [0.3, 0.4) is 0 Å². The molecule has 3 amide bonds. The number of ether oxygens (including phenoxy) is 1. The molecule has 43 heavy (non-hydrogen) atoms. The summed E-state index contributed by atoms with van der Waals surface area (Å²) in [7, 11) is 0. The molecule has 0 saturated carbocycles. The number of thioether (sulfide) groups is 1. The summed E-state index contributed by atoms with van der Waals surface area (Å²) in [6.45, 7) is 7.89. The number of aromatic nitrogens is 1. The summed E-state index contributed by atoms with van der Waals surface area (Å²) < 4.78 is 6.79. The zero-order valence-electron chi connectivity index (χ0n) is 23.8. The second-order valence-electron chi connectivity index (χ2n) is 11.8. The lowest BCUT2D eigenvalue weighted by Gasteiger charge is -2.31. The van der Waals surface area contributed by atoms with Crippen molar-refractivity contribution < 1.29 is 24.0 Å². The lowest BCUT2D eigenvalue weighted by Crippen LogP contribution is -2.43. The van der Waals surface area contributed by atoms with Gasteiger partial charge in [0.15, 0.2) is 0 Å². The van der Waals surface area contributed by atoms with E-state index in [1.54, 1.807) is 4.90 Å². The number of thiazole rings is 1. The molecule has 0 aliphatic carbocycles. The lowest BCUT2D eigenvalue weighted by molar-refractivity contribution is -0.384. The van der Waals surface area contributed by atoms with Gasteiger partial charge in [-0.3, -0.25) is 33.9 Å². The maximum Gasteiger partial charge on any atom is 0.308 e. The minimum Gasteiger partial charge on any atom is -0.378 e. The van der Waals surface area contributed by atoms with Gasteiger partial charge in [0.2, 0.25) is 17.7 Å². The first-order valence-electron chi connectivity index (χ1n) is 13.9. The molecule has 0 spiro atoms. The number of morpholine rings is 1. The van der Waals surface area contributed by atoms with Crippen LogP contribution < -0.4 is 9.77 Å². The predicted molar refractivity (Wildman–Crippen MR) is 162 cm³/mol. The van der Waals surface area contributed by atoms with Crippen molar-refractivity contribution in [3.63, 3.8) is 0 Å². The Bertz CT molecular complexity index is 1670. The van der Waals surface area contributed by atoms with E-state index >= 15 is 0 Å². The minimum atomic E-state index is -0.846. The average Bonchev–Trinajstić information content (AvgIpc) is 3.43. The molecule has 0 bridgehead atoms. The van der Waals surface area contributed by atoms with Crippen LogP contribution in [-0.4, -0.2) is 63.7 Å². The smallest absolute Gasteiger partial charge is 0.308 e. The molecule has 3 aliphatic rings. The van der Waals surface area contributed by atoms with Crippen LogP contribution in [0.2, 0.25) is 0 Å². The van der Waals surface area contributed by atoms with Crippen LogP contribution in [0.4, 0.5) is 11.4 Å². The van der Waals surface area contributed by atoms with Crippen LogP contribution in [0.5, 0.6) is 0 Å². The third kappa shape index (κ3) is 5.19. The Labute approximate surface area is 255 Å². The number of carbonyl (C=O) groups is 3. The summed E-state index contributed by atoms with van der Waals surface area (Å²) in [4.78, 5) is 68.3. The maximum absolute atomic E-state index is 14.1. The first-order chi connectivity index (χ1) is 20.5. The van der Waals surface area contributed by atoms with Gasteiger partial charge in [-0.15, -0.1) is 0 Å². The Kier molecular flexibility index (Phi) is 7.51. The number of nitrogens with zero attached hydrogens (tertiary/aromatic N) is 4. The Morgan fingerprint density at radius 2 is 1.65 bits per heavy atom. The fourth-order valence-corrected chi connectivity index (χ4v) is 8.60. The van der Waals surface area contributed by atoms with Crippen LogP contribution in [0.25, 0.3) is 0 Å². The Balaban J connectivity index is 1.43. The van der Waals surface area contributed by atoms with Gasteiger partial charge in [0.25, 0.3) is 5.69 Å². The molecule has 2 aromatic carbocycles. The topological polar surface area (TPSA) is 132 Å². The molecule has 2 fully saturated rings. The van der Waals surface area contributed by atoms with Gasteiger partial charge in [-0.1, -0.05) is 68.1 Å². The summed E-state index contributed by atoms with van der Waals surface area (Å²) in [5.74, 6) is -2.49. The number of non-ortho nitro benzene ring substituents is 1. The fourth-order valence-electron chi connectivity index (χ4n) is 5.83. The molecule has 0 unspecified atom stereocenters. The molecule has 0 radical (unpaired) electrons. The number of fused-ring (bicyclic) bond motifs is 2. The molecule has 6 rings (SSSR count). The first-order valence-corrected chi connectivity index (χ1v) is 15.6. The van der Waals surface area contributed by atoms with Crippen molar-refractivity contribution in [1.29, 1.82) is 0 Å². The van der Waals surface area contributed by atoms with Gasteiger partial charge in [0, 0.05) is 36.0 Å². The molecule has 224 valence electrons. The fraction of sp³-hybridized carbons (Fsp3) is 0.400. The number of amides is 3. The number of imide groups is 1. The third-order valence-electron chi connectivity index (χ3n) is 8.16. The molecule has 3 aliphatic heterocycles. The van der Waals surface area contributed by atoms with Crippen LogP contribution in [-0.2, 0) is 31.1 Å². The molecular weight excluding hydrogens is 592 g/mol. The monoisotopic (exact) mass is 622 g/mol. The molecule has 0 N–H and O–H groups in total. The molecule has 2 saturated heterocycles. The summed E-state index contributed by atoms with van der Waals surface area (Å²) >= 11 is 2.15. The van der Waals surface area contributed by atoms with Crippen molar-refractivity contribution in [3.05, 3.63) is 84.3 Å². The van der Waals surface area contributed by atoms with Crippen molar-refractivity contribution in [2.24, 2.45) is 5.92 Å². The Hall–Kier alpha value is -3.81. The van der Waals surface area contributed by atoms with Crippen LogP contribution >= 0.6 is 23.1 Å². The van der Waals surface area contributed by atoms with E-state index in [4.69, 9.17) is 4.74 Å². The van der Waals surface area contributed by atoms with Gasteiger partial charge in [-0.25, -0.2) is 4.90 Å². The van der Waals surface area contributed by atoms with Gasteiger partial charge in [0.05, 0.1) is 34.8 Å². The molecule has 3 atom stereocenters. The summed E-state index contributed by atoms with van der Waals surface area (Å²) in [6.07, 6.45) is 0. The summed E-state index contributed by atoms with van der Waals surface area (Å²) in [6, 6.07) is 13.2. The van der Waals surface area contributed by atoms with Gasteiger partial charge in [0.1, 0.15) is 11.8 Å². The van der Waals surface area contributed by atoms with E-state index in [1.807, 2.05) is 24.3 Å². The Morgan fingerprint density at radius 3 is 2.26 bits per heavy atom. The van der Waals surface area contributed by atoms with E-state index in [1.165, 1.54) is 28.8 Å². The van der Waals surface area contributed by atoms with Crippen molar-refractivity contribution in [2.75, 3.05) is 31.2 Å². The zero-order chi connectivity index (χ0) is 30.6. The quantitative estimate of drug-likeness (QED) is 0.239. The number of hydrogen-bond donors (Lipinski definition) is 0. The highest BCUT2D eigenvalue weighted by atomic mass is 32.2. The standard InChI is InChI=1S/C30H30N4O7S2/c1-30(2,3)18-6-4-17(5-7-18)22-23-24(27(37)33(26(23)36)19-8-10-20(11-9-19)34(39)40)42-28-25(22)43-29(38)32(28)16-21(35)31-12-14-41-15-13-31/h4-11,22-24H,12-16H2,1-3H3/t22-,23+,24-/m0/s1. The van der Waals surface area contributed by atoms with E-state index in [2.05, 4.69) is 20.8 Å². The second-order valence-corrected chi connectivity index (χ2v) is 13.9. The van der Waals surface area contributed by atoms with E-state index in [9.17, 15) is 29.3 Å². The predicted octanol–water partition coefficient (Wildman–Crippen LogP) is 3.77. The molecular formula is C30H30N4O7S2. The van der Waals surface area contributed by atoms with Crippen LogP contribution in [0.15, 0.2) is 58.4 Å². The van der Waals surface area contributed by atoms with Gasteiger partial charge in [-0.05, 0) is 28.7 Å². The first kappa shape index (κ1) is 29.3. The Morgan fingerprint density at radius 1 is 1.00 bits per heavy atom. The van der Waals surface area contributed by atoms with E-state index in [0.29, 0.717) is 36.2 Å². The SMILES string of the molecule is CC(C)(C)c1ccc([C@@H]2c3sc(=O)n(CC(=O)N4CCOCC4)c3S[C@@H]3C(=O)N(c4ccc([N+](=O)[O-])cc4)C(=O)[C@H]23)cc1. The van der Waals surface area contributed by atoms with Crippen LogP contribution in [0.1, 0.15) is 42.7 Å². The van der Waals surface area contributed by atoms with Crippen LogP contribution in [0, 0.1) is 16.0 Å². The minimum absolute atomic E-state index is 0.103. The third-order valence-corrected chi connectivity index (χ3v) is 10.8. The highest BCUT2D eigenvalue weighted by molar-refractivity contribution is 8.00. The number of nitro benzene ring substituents is 1. The lowest BCUT2D eigenvalue weighted by atomic mass is 9.81. The number of anilines is 1. The van der Waals surface area contributed by atoms with Crippen molar-refractivity contribution >= 4 is 52.2 Å². The van der Waals surface area contributed by atoms with Gasteiger partial charge in [-0.2, -0.15) is 0 Å². The van der Waals surface area contributed by atoms with E-state index in [0.717, 1.165) is 39.1 Å². The maximum atomic E-state index is 14.1. The summed E-state index contributed by atoms with van der Waals surface area (Å²) in [5.41, 5.74) is 1.89. The largest absolute Gasteiger partial charge is 0.378 e. The van der Waals surface area contributed by atoms with Crippen molar-refractivity contribution in [3.8, 4) is 0 Å². The molecule has 3 aromatic rings. The molecule has 11 nitrogen and oxygen atoms in total. The number of nitro groups is 1. The molecule has 13 heteroatoms. The normalized spacial score (nSPS) is 22.0. The van der Waals surface area contributed by atoms with E-state index in [-0.39, 0.29) is 34.1 Å². The number of carbonyl (C=O) groups excluding carboxylic acids is 3. The number of rotatable bonds is 5. The average molecular weight is 623 g/mol. The highest BCUT2D eigenvalue weighted by Crippen LogP contribution is 2.54. The van der Waals surface area contributed by atoms with Crippen molar-refractivity contribution in [1.82, 2.24) is 9.47 Å². The number of hydrogen-bond acceptors (Lipinski definition) is 9. The zero-order valence-corrected chi connectivity index (χ0v) is 25.5. The van der Waals surface area contributed by atoms with Crippen molar-refractivity contribution in [2.45, 2.75) is 48.9 Å². The second kappa shape index (κ2) is 11.0. The molecule has 4 heterocycles. The van der Waals surface area contributed by atoms with Gasteiger partial charge >= 0.3 is 4.87 Å². The summed E-state index contributed by atoms with van der Waals surface area (Å²) in [5, 5.41) is 10.9. The molecule has 1 aromatic heterocycles. The van der Waals surface area contributed by atoms with Gasteiger partial charge < -0.3 is 9.64 Å². The number of benzene rings is 2. The van der Waals surface area contributed by atoms with E-state index < -0.39 is 33.8 Å². The highest BCUT2D eigenvalue weighted by Gasteiger charge is 2.57.